The van der Waals surface area contributed by atoms with Gasteiger partial charge >= 0.3 is 6.18 Å². The molecule has 0 saturated heterocycles. The second-order valence-electron chi connectivity index (χ2n) is 5.61. The Labute approximate surface area is 137 Å². The number of halogens is 3. The zero-order valence-electron chi connectivity index (χ0n) is 13.4. The maximum absolute atomic E-state index is 12.5. The number of ether oxygens (including phenoxy) is 1. The number of aryl methyl sites for hydroxylation is 1. The van der Waals surface area contributed by atoms with E-state index in [1.165, 1.54) is 12.1 Å². The first-order valence-corrected chi connectivity index (χ1v) is 7.33. The minimum absolute atomic E-state index is 0.0203. The molecule has 1 aromatic heterocycles. The van der Waals surface area contributed by atoms with Crippen LogP contribution in [0.4, 0.5) is 13.2 Å². The average Bonchev–Trinajstić information content (AvgIpc) is 2.89. The van der Waals surface area contributed by atoms with Gasteiger partial charge < -0.3 is 14.4 Å². The summed E-state index contributed by atoms with van der Waals surface area (Å²) in [6.07, 6.45) is -5.16. The highest BCUT2D eigenvalue weighted by Gasteiger charge is 2.30. The molecule has 1 aromatic carbocycles. The Kier molecular flexibility index (Phi) is 5.84. The summed E-state index contributed by atoms with van der Waals surface area (Å²) in [6, 6.07) is 6.16. The van der Waals surface area contributed by atoms with Gasteiger partial charge in [0.15, 0.2) is 0 Å². The molecule has 0 fully saturated rings. The van der Waals surface area contributed by atoms with Gasteiger partial charge in [0, 0.05) is 19.2 Å². The Morgan fingerprint density at radius 2 is 1.96 bits per heavy atom. The molecule has 2 rings (SSSR count). The lowest BCUT2D eigenvalue weighted by Crippen LogP contribution is -2.32. The molecule has 0 unspecified atom stereocenters. The van der Waals surface area contributed by atoms with Crippen LogP contribution in [0.25, 0.3) is 0 Å². The molecule has 0 spiro atoms. The number of aliphatic hydroxyl groups excluding tert-OH is 1. The largest absolute Gasteiger partial charge is 0.491 e. The van der Waals surface area contributed by atoms with E-state index in [9.17, 15) is 18.3 Å². The smallest absolute Gasteiger partial charge is 0.416 e. The van der Waals surface area contributed by atoms with Crippen molar-refractivity contribution in [2.45, 2.75) is 25.7 Å². The number of hydrogen-bond acceptors (Lipinski definition) is 5. The lowest BCUT2D eigenvalue weighted by molar-refractivity contribution is -0.137. The summed E-state index contributed by atoms with van der Waals surface area (Å²) in [5.41, 5.74) is 0.0175. The summed E-state index contributed by atoms with van der Waals surface area (Å²) in [4.78, 5) is 1.85. The van der Waals surface area contributed by atoms with Crippen LogP contribution < -0.4 is 4.74 Å². The molecule has 2 aromatic rings. The molecule has 0 radical (unpaired) electrons. The number of likely N-dealkylation sites (N-methyl/N-ethyl adjacent to an activating group) is 1. The zero-order valence-corrected chi connectivity index (χ0v) is 13.4. The normalized spacial score (nSPS) is 13.3. The van der Waals surface area contributed by atoms with Crippen molar-refractivity contribution >= 4 is 0 Å². The van der Waals surface area contributed by atoms with Crippen molar-refractivity contribution < 1.29 is 27.5 Å². The molecule has 0 aliphatic heterocycles. The van der Waals surface area contributed by atoms with Gasteiger partial charge in [-0.05, 0) is 38.2 Å². The van der Waals surface area contributed by atoms with Gasteiger partial charge in [0.05, 0.1) is 11.3 Å². The van der Waals surface area contributed by atoms with E-state index >= 15 is 0 Å². The number of aliphatic hydroxyl groups is 1. The molecule has 5 nitrogen and oxygen atoms in total. The van der Waals surface area contributed by atoms with E-state index < -0.39 is 17.8 Å². The van der Waals surface area contributed by atoms with E-state index in [1.54, 1.807) is 6.92 Å². The fourth-order valence-corrected chi connectivity index (χ4v) is 2.18. The van der Waals surface area contributed by atoms with Crippen LogP contribution in [0.15, 0.2) is 34.9 Å². The second kappa shape index (κ2) is 7.67. The number of nitrogens with zero attached hydrogens (tertiary/aromatic N) is 2. The highest BCUT2D eigenvalue weighted by Crippen LogP contribution is 2.30. The summed E-state index contributed by atoms with van der Waals surface area (Å²) < 4.78 is 47.7. The van der Waals surface area contributed by atoms with Crippen molar-refractivity contribution in [3.8, 4) is 5.75 Å². The number of benzene rings is 1. The maximum Gasteiger partial charge on any atom is 0.416 e. The van der Waals surface area contributed by atoms with Crippen molar-refractivity contribution in [1.82, 2.24) is 10.1 Å². The van der Waals surface area contributed by atoms with Gasteiger partial charge in [-0.25, -0.2) is 0 Å². The quantitative estimate of drug-likeness (QED) is 0.837. The van der Waals surface area contributed by atoms with Gasteiger partial charge in [-0.3, -0.25) is 4.90 Å². The molecule has 24 heavy (non-hydrogen) atoms. The third-order valence-corrected chi connectivity index (χ3v) is 3.26. The summed E-state index contributed by atoms with van der Waals surface area (Å²) in [6.45, 7) is 2.61. The minimum atomic E-state index is -4.37. The van der Waals surface area contributed by atoms with Crippen molar-refractivity contribution in [3.05, 3.63) is 47.3 Å². The Balaban J connectivity index is 1.77. The number of aromatic nitrogens is 1. The van der Waals surface area contributed by atoms with Crippen LogP contribution in [0.1, 0.15) is 17.0 Å². The van der Waals surface area contributed by atoms with Crippen LogP contribution >= 0.6 is 0 Å². The van der Waals surface area contributed by atoms with Gasteiger partial charge in [-0.2, -0.15) is 13.2 Å². The maximum atomic E-state index is 12.5. The van der Waals surface area contributed by atoms with Crippen LogP contribution in [-0.4, -0.2) is 41.5 Å². The van der Waals surface area contributed by atoms with Crippen LogP contribution in [0.3, 0.4) is 0 Å². The van der Waals surface area contributed by atoms with Gasteiger partial charge in [-0.15, -0.1) is 0 Å². The van der Waals surface area contributed by atoms with Gasteiger partial charge in [-0.1, -0.05) is 5.16 Å². The van der Waals surface area contributed by atoms with Crippen LogP contribution in [0.2, 0.25) is 0 Å². The third kappa shape index (κ3) is 5.54. The molecule has 0 aliphatic carbocycles. The van der Waals surface area contributed by atoms with Gasteiger partial charge in [0.25, 0.3) is 0 Å². The third-order valence-electron chi connectivity index (χ3n) is 3.26. The number of alkyl halides is 3. The first-order valence-electron chi connectivity index (χ1n) is 7.33. The summed E-state index contributed by atoms with van der Waals surface area (Å²) >= 11 is 0. The van der Waals surface area contributed by atoms with E-state index in [4.69, 9.17) is 9.26 Å². The molecule has 1 atom stereocenters. The Hall–Kier alpha value is -2.06. The SMILES string of the molecule is Cc1cc(CN(C)C[C@H](O)COc2ccc(C(F)(F)F)cc2)no1. The standard InChI is InChI=1S/C16H19F3N2O3/c1-11-7-13(20-24-11)8-21(2)9-14(22)10-23-15-5-3-12(4-6-15)16(17,18)19/h3-7,14,22H,8-10H2,1-2H3/t14-/m0/s1. The molecule has 0 bridgehead atoms. The van der Waals surface area contributed by atoms with Gasteiger partial charge in [0.2, 0.25) is 0 Å². The molecule has 1 heterocycles. The highest BCUT2D eigenvalue weighted by atomic mass is 19.4. The topological polar surface area (TPSA) is 58.7 Å². The number of hydrogen-bond donors (Lipinski definition) is 1. The summed E-state index contributed by atoms with van der Waals surface area (Å²) in [7, 11) is 1.81. The second-order valence-corrected chi connectivity index (χ2v) is 5.61. The van der Waals surface area contributed by atoms with E-state index in [2.05, 4.69) is 5.16 Å². The Morgan fingerprint density at radius 1 is 1.29 bits per heavy atom. The fourth-order valence-electron chi connectivity index (χ4n) is 2.18. The van der Waals surface area contributed by atoms with Crippen molar-refractivity contribution in [1.29, 1.82) is 0 Å². The molecule has 132 valence electrons. The van der Waals surface area contributed by atoms with Crippen LogP contribution in [0.5, 0.6) is 5.75 Å². The van der Waals surface area contributed by atoms with E-state index in [1.807, 2.05) is 18.0 Å². The van der Waals surface area contributed by atoms with E-state index in [0.717, 1.165) is 17.8 Å². The molecule has 0 amide bonds. The summed E-state index contributed by atoms with van der Waals surface area (Å²) in [5.74, 6) is 0.987. The van der Waals surface area contributed by atoms with Crippen molar-refractivity contribution in [2.75, 3.05) is 20.2 Å². The minimum Gasteiger partial charge on any atom is -0.491 e. The lowest BCUT2D eigenvalue weighted by Gasteiger charge is -2.19. The van der Waals surface area contributed by atoms with Crippen molar-refractivity contribution in [3.63, 3.8) is 0 Å². The molecule has 8 heteroatoms. The monoisotopic (exact) mass is 344 g/mol. The molecule has 0 saturated carbocycles. The predicted molar refractivity (Wildman–Crippen MR) is 80.5 cm³/mol. The highest BCUT2D eigenvalue weighted by molar-refractivity contribution is 5.28. The van der Waals surface area contributed by atoms with Gasteiger partial charge in [0.1, 0.15) is 24.2 Å². The average molecular weight is 344 g/mol. The van der Waals surface area contributed by atoms with Crippen LogP contribution in [-0.2, 0) is 12.7 Å². The fraction of sp³-hybridized carbons (Fsp3) is 0.438. The lowest BCUT2D eigenvalue weighted by atomic mass is 10.2. The predicted octanol–water partition coefficient (Wildman–Crippen LogP) is 2.87. The molecule has 1 N–H and O–H groups in total. The first-order chi connectivity index (χ1) is 11.2. The van der Waals surface area contributed by atoms with Crippen molar-refractivity contribution in [2.24, 2.45) is 0 Å². The molecular formula is C16H19F3N2O3. The zero-order chi connectivity index (χ0) is 17.7. The molecular weight excluding hydrogens is 325 g/mol. The number of rotatable bonds is 7. The Morgan fingerprint density at radius 3 is 2.50 bits per heavy atom. The van der Waals surface area contributed by atoms with E-state index in [0.29, 0.717) is 18.8 Å². The molecule has 0 aliphatic rings. The summed E-state index contributed by atoms with van der Waals surface area (Å²) in [5, 5.41) is 13.8. The van der Waals surface area contributed by atoms with E-state index in [-0.39, 0.29) is 12.4 Å². The Bertz CT molecular complexity index is 641. The van der Waals surface area contributed by atoms with Crippen LogP contribution in [0, 0.1) is 6.92 Å². The first kappa shape index (κ1) is 18.3.